The molecule has 3 rings (SSSR count). The van der Waals surface area contributed by atoms with Crippen LogP contribution in [0.5, 0.6) is 0 Å². The van der Waals surface area contributed by atoms with Crippen molar-refractivity contribution in [2.24, 2.45) is 0 Å². The molecule has 0 radical (unpaired) electrons. The Bertz CT molecular complexity index is 1050. The fourth-order valence-electron chi connectivity index (χ4n) is 2.97. The number of methoxy groups -OCH3 is 1. The molecule has 1 aliphatic rings. The van der Waals surface area contributed by atoms with E-state index in [9.17, 15) is 9.59 Å². The molecule has 1 aliphatic heterocycles. The minimum Gasteiger partial charge on any atom is -0.383 e. The fraction of sp³-hybridized carbons (Fsp3) is 0.400. The predicted molar refractivity (Wildman–Crippen MR) is 121 cm³/mol. The number of thioether (sulfide) groups is 1. The van der Waals surface area contributed by atoms with Gasteiger partial charge in [0.25, 0.3) is 11.5 Å². The van der Waals surface area contributed by atoms with Gasteiger partial charge in [-0.25, -0.2) is 4.98 Å². The van der Waals surface area contributed by atoms with Crippen LogP contribution in [0.4, 0.5) is 5.82 Å². The molecule has 0 aromatic carbocycles. The van der Waals surface area contributed by atoms with Gasteiger partial charge in [0.05, 0.1) is 17.1 Å². The molecule has 1 fully saturated rings. The molecule has 1 saturated heterocycles. The van der Waals surface area contributed by atoms with Crippen molar-refractivity contribution in [2.75, 3.05) is 25.6 Å². The van der Waals surface area contributed by atoms with Gasteiger partial charge in [0.2, 0.25) is 0 Å². The van der Waals surface area contributed by atoms with Gasteiger partial charge >= 0.3 is 0 Å². The first-order valence-corrected chi connectivity index (χ1v) is 10.6. The molecule has 1 amide bonds. The summed E-state index contributed by atoms with van der Waals surface area (Å²) in [6.45, 7) is 6.82. The number of nitrogens with zero attached hydrogens (tertiary/aromatic N) is 3. The van der Waals surface area contributed by atoms with Gasteiger partial charge in [0.15, 0.2) is 0 Å². The average Bonchev–Trinajstić information content (AvgIpc) is 2.98. The molecule has 0 bridgehead atoms. The lowest BCUT2D eigenvalue weighted by Gasteiger charge is -2.21. The van der Waals surface area contributed by atoms with Crippen LogP contribution in [0.2, 0.25) is 0 Å². The monoisotopic (exact) mass is 432 g/mol. The number of aryl methyl sites for hydroxylation is 1. The molecule has 29 heavy (non-hydrogen) atoms. The second kappa shape index (κ2) is 9.06. The van der Waals surface area contributed by atoms with Gasteiger partial charge in [-0.2, -0.15) is 0 Å². The van der Waals surface area contributed by atoms with Crippen LogP contribution in [-0.4, -0.2) is 50.8 Å². The molecule has 2 aromatic heterocycles. The van der Waals surface area contributed by atoms with Crippen LogP contribution < -0.4 is 10.9 Å². The lowest BCUT2D eigenvalue weighted by molar-refractivity contribution is -0.123. The Morgan fingerprint density at radius 3 is 2.83 bits per heavy atom. The maximum atomic E-state index is 13.2. The second-order valence-corrected chi connectivity index (χ2v) is 8.52. The molecule has 0 spiro atoms. The number of aromatic nitrogens is 2. The Morgan fingerprint density at radius 2 is 2.14 bits per heavy atom. The number of ether oxygens (including phenoxy) is 1. The van der Waals surface area contributed by atoms with Crippen molar-refractivity contribution in [2.45, 2.75) is 33.2 Å². The fourth-order valence-corrected chi connectivity index (χ4v) is 4.41. The van der Waals surface area contributed by atoms with E-state index in [4.69, 9.17) is 17.0 Å². The Kier molecular flexibility index (Phi) is 6.71. The highest BCUT2D eigenvalue weighted by Crippen LogP contribution is 2.34. The number of nitrogens with one attached hydrogen (secondary N) is 1. The molecule has 9 heteroatoms. The van der Waals surface area contributed by atoms with Crippen molar-refractivity contribution in [3.05, 3.63) is 44.7 Å². The quantitative estimate of drug-likeness (QED) is 0.409. The maximum absolute atomic E-state index is 13.2. The molecule has 3 heterocycles. The molecule has 0 unspecified atom stereocenters. The third-order valence-electron chi connectivity index (χ3n) is 4.73. The van der Waals surface area contributed by atoms with Crippen LogP contribution in [0.3, 0.4) is 0 Å². The molecule has 154 valence electrons. The average molecular weight is 433 g/mol. The van der Waals surface area contributed by atoms with Crippen LogP contribution in [0.15, 0.2) is 28.0 Å². The van der Waals surface area contributed by atoms with Crippen molar-refractivity contribution < 1.29 is 9.53 Å². The first-order valence-electron chi connectivity index (χ1n) is 9.40. The van der Waals surface area contributed by atoms with E-state index in [1.54, 1.807) is 30.3 Å². The number of thiocarbonyl (C=S) groups is 1. The van der Waals surface area contributed by atoms with E-state index < -0.39 is 0 Å². The lowest BCUT2D eigenvalue weighted by Crippen LogP contribution is -2.36. The van der Waals surface area contributed by atoms with E-state index in [0.29, 0.717) is 39.4 Å². The van der Waals surface area contributed by atoms with Crippen molar-refractivity contribution in [1.82, 2.24) is 14.3 Å². The molecule has 0 saturated carbocycles. The highest BCUT2D eigenvalue weighted by molar-refractivity contribution is 8.26. The van der Waals surface area contributed by atoms with E-state index in [-0.39, 0.29) is 17.5 Å². The molecule has 0 aliphatic carbocycles. The highest BCUT2D eigenvalue weighted by atomic mass is 32.2. The first kappa shape index (κ1) is 21.5. The van der Waals surface area contributed by atoms with Crippen molar-refractivity contribution >= 4 is 51.7 Å². The Balaban J connectivity index is 2.11. The summed E-state index contributed by atoms with van der Waals surface area (Å²) in [5.41, 5.74) is 1.56. The Hall–Kier alpha value is -2.23. The van der Waals surface area contributed by atoms with Gasteiger partial charge in [-0.15, -0.1) is 0 Å². The van der Waals surface area contributed by atoms with E-state index in [2.05, 4.69) is 10.3 Å². The Morgan fingerprint density at radius 1 is 1.38 bits per heavy atom. The number of amides is 1. The minimum atomic E-state index is -0.243. The van der Waals surface area contributed by atoms with Crippen LogP contribution >= 0.6 is 24.0 Å². The minimum absolute atomic E-state index is 0.00572. The van der Waals surface area contributed by atoms with Crippen LogP contribution in [-0.2, 0) is 9.53 Å². The summed E-state index contributed by atoms with van der Waals surface area (Å²) < 4.78 is 7.09. The summed E-state index contributed by atoms with van der Waals surface area (Å²) >= 11 is 6.61. The molecular weight excluding hydrogens is 408 g/mol. The normalized spacial score (nSPS) is 16.8. The highest BCUT2D eigenvalue weighted by Gasteiger charge is 2.35. The molecule has 1 N–H and O–H groups in total. The van der Waals surface area contributed by atoms with Crippen molar-refractivity contribution in [3.63, 3.8) is 0 Å². The van der Waals surface area contributed by atoms with Crippen LogP contribution in [0, 0.1) is 6.92 Å². The van der Waals surface area contributed by atoms with E-state index >= 15 is 0 Å². The summed E-state index contributed by atoms with van der Waals surface area (Å²) in [5, 5.41) is 3.15. The van der Waals surface area contributed by atoms with Crippen LogP contribution in [0.1, 0.15) is 31.4 Å². The number of pyridine rings is 1. The zero-order valence-corrected chi connectivity index (χ0v) is 18.5. The third-order valence-corrected chi connectivity index (χ3v) is 6.07. The van der Waals surface area contributed by atoms with Gasteiger partial charge in [-0.1, -0.05) is 37.0 Å². The van der Waals surface area contributed by atoms with E-state index in [1.165, 1.54) is 16.2 Å². The third kappa shape index (κ3) is 4.36. The number of hydrogen-bond acceptors (Lipinski definition) is 7. The van der Waals surface area contributed by atoms with Gasteiger partial charge < -0.3 is 10.1 Å². The summed E-state index contributed by atoms with van der Waals surface area (Å²) in [6, 6.07) is 3.70. The van der Waals surface area contributed by atoms with E-state index in [1.807, 2.05) is 26.8 Å². The number of carbonyl (C=O) groups is 1. The van der Waals surface area contributed by atoms with Gasteiger partial charge in [0.1, 0.15) is 15.8 Å². The zero-order valence-electron chi connectivity index (χ0n) is 16.9. The molecule has 7 nitrogen and oxygen atoms in total. The second-order valence-electron chi connectivity index (χ2n) is 6.84. The molecular formula is C20H24N4O3S2. The van der Waals surface area contributed by atoms with Crippen LogP contribution in [0.25, 0.3) is 11.7 Å². The van der Waals surface area contributed by atoms with Gasteiger partial charge in [0, 0.05) is 25.9 Å². The largest absolute Gasteiger partial charge is 0.383 e. The smallest absolute Gasteiger partial charge is 0.267 e. The standard InChI is InChI=1S/C20H24N4O3S2/c1-5-13(3)24-19(26)15(29-20(24)28)10-14-17(21-8-9-27-4)22-16-7-6-12(2)11-23(16)18(14)25/h6-7,10-11,13,21H,5,8-9H2,1-4H3/b15-10-/t13-/m1/s1. The van der Waals surface area contributed by atoms with Crippen molar-refractivity contribution in [1.29, 1.82) is 0 Å². The maximum Gasteiger partial charge on any atom is 0.267 e. The van der Waals surface area contributed by atoms with Gasteiger partial charge in [-0.3, -0.25) is 18.9 Å². The van der Waals surface area contributed by atoms with Gasteiger partial charge in [-0.05, 0) is 38.0 Å². The predicted octanol–water partition coefficient (Wildman–Crippen LogP) is 3.06. The number of anilines is 1. The molecule has 1 atom stereocenters. The summed E-state index contributed by atoms with van der Waals surface area (Å²) in [6.07, 6.45) is 4.13. The van der Waals surface area contributed by atoms with E-state index in [0.717, 1.165) is 12.0 Å². The Labute approximate surface area is 179 Å². The summed E-state index contributed by atoms with van der Waals surface area (Å²) in [4.78, 5) is 32.8. The SMILES string of the molecule is CC[C@@H](C)N1C(=O)/C(=C/c2c(NCCOC)nc3ccc(C)cn3c2=O)SC1=S. The topological polar surface area (TPSA) is 75.9 Å². The number of rotatable bonds is 7. The lowest BCUT2D eigenvalue weighted by atomic mass is 10.2. The zero-order chi connectivity index (χ0) is 21.1. The first-order chi connectivity index (χ1) is 13.9. The number of hydrogen-bond donors (Lipinski definition) is 1. The summed E-state index contributed by atoms with van der Waals surface area (Å²) in [5.74, 6) is 0.246. The number of fused-ring (bicyclic) bond motifs is 1. The number of carbonyl (C=O) groups excluding carboxylic acids is 1. The summed E-state index contributed by atoms with van der Waals surface area (Å²) in [7, 11) is 1.61. The molecule has 2 aromatic rings. The van der Waals surface area contributed by atoms with Crippen molar-refractivity contribution in [3.8, 4) is 0 Å².